The molecule has 1 aliphatic rings. The Morgan fingerprint density at radius 1 is 1.37 bits per heavy atom. The van der Waals surface area contributed by atoms with E-state index in [9.17, 15) is 4.79 Å². The average Bonchev–Trinajstić information content (AvgIpc) is 2.83. The van der Waals surface area contributed by atoms with Crippen molar-refractivity contribution < 1.29 is 9.53 Å². The molecule has 1 aromatic carbocycles. The maximum atomic E-state index is 11.5. The Labute approximate surface area is 116 Å². The minimum atomic E-state index is 0.116. The van der Waals surface area contributed by atoms with Crippen LogP contribution in [-0.4, -0.2) is 5.78 Å². The van der Waals surface area contributed by atoms with E-state index in [1.165, 1.54) is 0 Å². The number of allylic oxidation sites excluding steroid dienone is 1. The van der Waals surface area contributed by atoms with E-state index in [2.05, 4.69) is 12.1 Å². The number of rotatable bonds is 2. The zero-order valence-electron chi connectivity index (χ0n) is 10.9. The smallest absolute Gasteiger partial charge is 0.169 e. The van der Waals surface area contributed by atoms with E-state index in [4.69, 9.17) is 4.74 Å². The number of hydrogen-bond acceptors (Lipinski definition) is 3. The molecular weight excluding hydrogens is 256 g/mol. The van der Waals surface area contributed by atoms with Crippen molar-refractivity contribution in [3.05, 3.63) is 46.3 Å². The number of hydrogen-bond donors (Lipinski definition) is 0. The van der Waals surface area contributed by atoms with Gasteiger partial charge in [0, 0.05) is 16.0 Å². The van der Waals surface area contributed by atoms with Crippen LogP contribution in [0.3, 0.4) is 0 Å². The lowest BCUT2D eigenvalue weighted by Gasteiger charge is -2.17. The fourth-order valence-electron chi connectivity index (χ4n) is 2.24. The van der Waals surface area contributed by atoms with Crippen molar-refractivity contribution in [2.75, 3.05) is 0 Å². The molecule has 0 saturated carbocycles. The first kappa shape index (κ1) is 12.2. The average molecular weight is 270 g/mol. The van der Waals surface area contributed by atoms with Crippen LogP contribution in [0.2, 0.25) is 0 Å². The third-order valence-electron chi connectivity index (χ3n) is 3.15. The van der Waals surface area contributed by atoms with E-state index in [0.29, 0.717) is 6.61 Å². The van der Waals surface area contributed by atoms with Crippen LogP contribution in [0.15, 0.2) is 30.3 Å². The lowest BCUT2D eigenvalue weighted by Crippen LogP contribution is -2.02. The molecule has 1 aromatic heterocycles. The van der Waals surface area contributed by atoms with Gasteiger partial charge in [-0.05, 0) is 37.6 Å². The van der Waals surface area contributed by atoms with Crippen LogP contribution in [0.1, 0.15) is 34.6 Å². The molecule has 0 amide bonds. The summed E-state index contributed by atoms with van der Waals surface area (Å²) in [6, 6.07) is 8.12. The fraction of sp³-hybridized carbons (Fsp3) is 0.188. The summed E-state index contributed by atoms with van der Waals surface area (Å²) in [5.74, 6) is 1.02. The van der Waals surface area contributed by atoms with Crippen molar-refractivity contribution in [1.29, 1.82) is 0 Å². The van der Waals surface area contributed by atoms with E-state index in [1.54, 1.807) is 18.3 Å². The van der Waals surface area contributed by atoms with Crippen LogP contribution in [0.4, 0.5) is 0 Å². The van der Waals surface area contributed by atoms with E-state index < -0.39 is 0 Å². The Hall–Kier alpha value is -1.87. The topological polar surface area (TPSA) is 26.3 Å². The van der Waals surface area contributed by atoms with Crippen molar-refractivity contribution in [2.45, 2.75) is 20.5 Å². The standard InChI is InChI=1S/C16H14O2S/c1-3-4-11-5-6-14-13(7-11)16-12(9-18-14)8-15(19-16)10(2)17/h3-8H,9H2,1-2H3/b4-3+. The SMILES string of the molecule is C/C=C/c1ccc2c(c1)-c1sc(C(C)=O)cc1CO2. The largest absolute Gasteiger partial charge is 0.488 e. The first-order valence-corrected chi connectivity index (χ1v) is 7.04. The Morgan fingerprint density at radius 3 is 2.95 bits per heavy atom. The Morgan fingerprint density at radius 2 is 2.21 bits per heavy atom. The number of thiophene rings is 1. The first-order valence-electron chi connectivity index (χ1n) is 6.22. The highest BCUT2D eigenvalue weighted by atomic mass is 32.1. The number of Topliss-reactive ketones (excluding diaryl/α,β-unsaturated/α-hetero) is 1. The van der Waals surface area contributed by atoms with Crippen molar-refractivity contribution in [2.24, 2.45) is 0 Å². The van der Waals surface area contributed by atoms with Gasteiger partial charge in [0.15, 0.2) is 5.78 Å². The zero-order chi connectivity index (χ0) is 13.4. The van der Waals surface area contributed by atoms with Gasteiger partial charge < -0.3 is 4.74 Å². The summed E-state index contributed by atoms with van der Waals surface area (Å²) >= 11 is 1.56. The highest BCUT2D eigenvalue weighted by molar-refractivity contribution is 7.17. The number of carbonyl (C=O) groups is 1. The molecule has 19 heavy (non-hydrogen) atoms. The second-order valence-electron chi connectivity index (χ2n) is 4.57. The highest BCUT2D eigenvalue weighted by Crippen LogP contribution is 2.43. The van der Waals surface area contributed by atoms with Crippen LogP contribution in [-0.2, 0) is 6.61 Å². The maximum Gasteiger partial charge on any atom is 0.169 e. The summed E-state index contributed by atoms with van der Waals surface area (Å²) in [5, 5.41) is 0. The molecule has 96 valence electrons. The molecule has 0 atom stereocenters. The molecule has 0 aliphatic carbocycles. The second-order valence-corrected chi connectivity index (χ2v) is 5.62. The Bertz CT molecular complexity index is 680. The van der Waals surface area contributed by atoms with Crippen molar-refractivity contribution in [3.8, 4) is 16.2 Å². The van der Waals surface area contributed by atoms with E-state index in [1.807, 2.05) is 31.2 Å². The molecule has 0 bridgehead atoms. The van der Waals surface area contributed by atoms with Crippen molar-refractivity contribution >= 4 is 23.2 Å². The second kappa shape index (κ2) is 4.67. The van der Waals surface area contributed by atoms with Gasteiger partial charge >= 0.3 is 0 Å². The normalized spacial score (nSPS) is 12.9. The number of ketones is 1. The maximum absolute atomic E-state index is 11.5. The number of fused-ring (bicyclic) bond motifs is 3. The predicted molar refractivity (Wildman–Crippen MR) is 78.8 cm³/mol. The molecular formula is C16H14O2S. The number of ether oxygens (including phenoxy) is 1. The predicted octanol–water partition coefficient (Wildman–Crippen LogP) is 4.54. The quantitative estimate of drug-likeness (QED) is 0.749. The van der Waals surface area contributed by atoms with Crippen LogP contribution < -0.4 is 4.74 Å². The van der Waals surface area contributed by atoms with Gasteiger partial charge in [-0.1, -0.05) is 18.2 Å². The summed E-state index contributed by atoms with van der Waals surface area (Å²) in [7, 11) is 0. The fourth-order valence-corrected chi connectivity index (χ4v) is 3.32. The van der Waals surface area contributed by atoms with Crippen molar-refractivity contribution in [3.63, 3.8) is 0 Å². The Kier molecular flexibility index (Phi) is 2.99. The third-order valence-corrected chi connectivity index (χ3v) is 4.46. The summed E-state index contributed by atoms with van der Waals surface area (Å²) < 4.78 is 5.75. The Balaban J connectivity index is 2.15. The minimum absolute atomic E-state index is 0.116. The van der Waals surface area contributed by atoms with Crippen LogP contribution in [0.5, 0.6) is 5.75 Å². The molecule has 0 fully saturated rings. The van der Waals surface area contributed by atoms with E-state index >= 15 is 0 Å². The molecule has 1 aliphatic heterocycles. The lowest BCUT2D eigenvalue weighted by molar-refractivity contribution is 0.102. The molecule has 2 heterocycles. The van der Waals surface area contributed by atoms with Crippen LogP contribution in [0, 0.1) is 0 Å². The van der Waals surface area contributed by atoms with Gasteiger partial charge in [0.1, 0.15) is 12.4 Å². The van der Waals surface area contributed by atoms with Gasteiger partial charge in [0.05, 0.1) is 4.88 Å². The van der Waals surface area contributed by atoms with Crippen molar-refractivity contribution in [1.82, 2.24) is 0 Å². The molecule has 2 nitrogen and oxygen atoms in total. The van der Waals surface area contributed by atoms with Gasteiger partial charge in [-0.15, -0.1) is 11.3 Å². The van der Waals surface area contributed by atoms with Crippen LogP contribution in [0.25, 0.3) is 16.5 Å². The zero-order valence-corrected chi connectivity index (χ0v) is 11.7. The van der Waals surface area contributed by atoms with Gasteiger partial charge in [-0.3, -0.25) is 4.79 Å². The van der Waals surface area contributed by atoms with Gasteiger partial charge in [0.25, 0.3) is 0 Å². The van der Waals surface area contributed by atoms with Gasteiger partial charge in [-0.25, -0.2) is 0 Å². The number of benzene rings is 1. The molecule has 0 N–H and O–H groups in total. The molecule has 0 radical (unpaired) electrons. The van der Waals surface area contributed by atoms with Gasteiger partial charge in [-0.2, -0.15) is 0 Å². The lowest BCUT2D eigenvalue weighted by atomic mass is 10.0. The summed E-state index contributed by atoms with van der Waals surface area (Å²) in [6.07, 6.45) is 4.08. The van der Waals surface area contributed by atoms with Gasteiger partial charge in [0.2, 0.25) is 0 Å². The number of carbonyl (C=O) groups excluding carboxylic acids is 1. The molecule has 3 rings (SSSR count). The summed E-state index contributed by atoms with van der Waals surface area (Å²) in [4.78, 5) is 13.5. The molecule has 2 aromatic rings. The molecule has 0 saturated heterocycles. The molecule has 0 spiro atoms. The highest BCUT2D eigenvalue weighted by Gasteiger charge is 2.21. The monoisotopic (exact) mass is 270 g/mol. The summed E-state index contributed by atoms with van der Waals surface area (Å²) in [5.41, 5.74) is 3.35. The molecule has 0 unspecified atom stereocenters. The molecule has 3 heteroatoms. The van der Waals surface area contributed by atoms with E-state index in [0.717, 1.165) is 32.2 Å². The minimum Gasteiger partial charge on any atom is -0.488 e. The summed E-state index contributed by atoms with van der Waals surface area (Å²) in [6.45, 7) is 4.16. The van der Waals surface area contributed by atoms with E-state index in [-0.39, 0.29) is 5.78 Å². The first-order chi connectivity index (χ1) is 9.19. The third kappa shape index (κ3) is 2.10. The van der Waals surface area contributed by atoms with Crippen LogP contribution >= 0.6 is 11.3 Å².